The molecular weight excluding hydrogens is 424 g/mol. The van der Waals surface area contributed by atoms with Gasteiger partial charge in [0, 0.05) is 9.77 Å². The molecule has 1 atom stereocenters. The minimum atomic E-state index is -0.663. The third-order valence-electron chi connectivity index (χ3n) is 4.97. The van der Waals surface area contributed by atoms with Crippen molar-refractivity contribution in [2.75, 3.05) is 25.3 Å². The Kier molecular flexibility index (Phi) is 7.04. The number of rotatable bonds is 7. The molecule has 160 valence electrons. The fourth-order valence-electron chi connectivity index (χ4n) is 3.44. The normalized spacial score (nSPS) is 15.2. The van der Waals surface area contributed by atoms with E-state index in [4.69, 9.17) is 15.2 Å². The summed E-state index contributed by atoms with van der Waals surface area (Å²) in [4.78, 5) is 38.8. The Bertz CT molecular complexity index is 986. The fraction of sp³-hybridized carbons (Fsp3) is 0.381. The van der Waals surface area contributed by atoms with E-state index in [9.17, 15) is 14.4 Å². The number of hydrogen-bond acceptors (Lipinski definition) is 7. The van der Waals surface area contributed by atoms with Gasteiger partial charge >= 0.3 is 5.97 Å². The zero-order valence-electron chi connectivity index (χ0n) is 17.1. The van der Waals surface area contributed by atoms with Gasteiger partial charge in [0.2, 0.25) is 0 Å². The molecule has 0 radical (unpaired) electrons. The molecule has 1 aliphatic rings. The summed E-state index contributed by atoms with van der Waals surface area (Å²) in [5.41, 5.74) is 7.10. The van der Waals surface area contributed by atoms with E-state index in [2.05, 4.69) is 12.2 Å². The molecule has 1 aromatic heterocycles. The van der Waals surface area contributed by atoms with Gasteiger partial charge < -0.3 is 20.5 Å². The van der Waals surface area contributed by atoms with Crippen molar-refractivity contribution in [2.45, 2.75) is 31.1 Å². The van der Waals surface area contributed by atoms with Crippen LogP contribution in [0.3, 0.4) is 0 Å². The third-order valence-corrected chi connectivity index (χ3v) is 6.87. The summed E-state index contributed by atoms with van der Waals surface area (Å²) in [6.07, 6.45) is 4.52. The molecule has 0 saturated heterocycles. The molecule has 0 unspecified atom stereocenters. The number of amides is 2. The van der Waals surface area contributed by atoms with Gasteiger partial charge in [0.05, 0.1) is 12.7 Å². The Morgan fingerprint density at radius 3 is 2.77 bits per heavy atom. The molecule has 0 fully saturated rings. The van der Waals surface area contributed by atoms with Crippen LogP contribution in [0.15, 0.2) is 23.1 Å². The maximum Gasteiger partial charge on any atom is 0.342 e. The van der Waals surface area contributed by atoms with Crippen LogP contribution < -0.4 is 15.8 Å². The molecule has 0 aliphatic heterocycles. The number of nitrogens with two attached hydrogens (primary N) is 1. The van der Waals surface area contributed by atoms with Gasteiger partial charge in [-0.2, -0.15) is 0 Å². The number of primary amides is 1. The number of thioether (sulfide) groups is 1. The molecule has 1 heterocycles. The third kappa shape index (κ3) is 4.79. The van der Waals surface area contributed by atoms with Crippen molar-refractivity contribution < 1.29 is 23.9 Å². The Labute approximate surface area is 183 Å². The average Bonchev–Trinajstić information content (AvgIpc) is 3.08. The van der Waals surface area contributed by atoms with Crippen molar-refractivity contribution in [3.05, 3.63) is 39.8 Å². The molecule has 2 amide bonds. The second-order valence-electron chi connectivity index (χ2n) is 7.11. The predicted molar refractivity (Wildman–Crippen MR) is 118 cm³/mol. The average molecular weight is 449 g/mol. The first-order chi connectivity index (χ1) is 14.3. The summed E-state index contributed by atoms with van der Waals surface area (Å²) < 4.78 is 10.4. The Morgan fingerprint density at radius 2 is 2.10 bits per heavy atom. The first kappa shape index (κ1) is 22.2. The first-order valence-electron chi connectivity index (χ1n) is 9.47. The lowest BCUT2D eigenvalue weighted by Crippen LogP contribution is -2.23. The number of nitrogens with one attached hydrogen (secondary N) is 1. The van der Waals surface area contributed by atoms with Crippen molar-refractivity contribution in [1.29, 1.82) is 0 Å². The molecule has 30 heavy (non-hydrogen) atoms. The number of carbonyl (C=O) groups excluding carboxylic acids is 3. The number of benzene rings is 1. The van der Waals surface area contributed by atoms with E-state index in [0.717, 1.165) is 34.6 Å². The molecule has 1 aliphatic carbocycles. The molecule has 2 aromatic rings. The highest BCUT2D eigenvalue weighted by Crippen LogP contribution is 2.39. The van der Waals surface area contributed by atoms with Crippen LogP contribution in [0, 0.1) is 5.92 Å². The molecular formula is C21H24N2O5S2. The molecule has 7 nitrogen and oxygen atoms in total. The van der Waals surface area contributed by atoms with Crippen LogP contribution in [0.25, 0.3) is 0 Å². The Balaban J connectivity index is 1.68. The lowest BCUT2D eigenvalue weighted by Gasteiger charge is -2.18. The monoisotopic (exact) mass is 448 g/mol. The summed E-state index contributed by atoms with van der Waals surface area (Å²) >= 11 is 2.89. The van der Waals surface area contributed by atoms with E-state index in [1.54, 1.807) is 18.2 Å². The van der Waals surface area contributed by atoms with Gasteiger partial charge in [-0.3, -0.25) is 9.59 Å². The van der Waals surface area contributed by atoms with E-state index in [1.165, 1.54) is 30.2 Å². The highest BCUT2D eigenvalue weighted by molar-refractivity contribution is 7.98. The van der Waals surface area contributed by atoms with Gasteiger partial charge in [-0.1, -0.05) is 6.92 Å². The maximum absolute atomic E-state index is 12.4. The number of hydrogen-bond donors (Lipinski definition) is 2. The van der Waals surface area contributed by atoms with E-state index in [0.29, 0.717) is 22.2 Å². The van der Waals surface area contributed by atoms with Gasteiger partial charge in [0.25, 0.3) is 11.8 Å². The highest BCUT2D eigenvalue weighted by Gasteiger charge is 2.27. The minimum absolute atomic E-state index is 0.238. The number of anilines is 1. The van der Waals surface area contributed by atoms with Gasteiger partial charge in [-0.25, -0.2) is 4.79 Å². The molecule has 3 rings (SSSR count). The topological polar surface area (TPSA) is 108 Å². The lowest BCUT2D eigenvalue weighted by molar-refractivity contribution is -0.119. The van der Waals surface area contributed by atoms with Crippen LogP contribution in [-0.2, 0) is 22.4 Å². The van der Waals surface area contributed by atoms with E-state index in [1.807, 2.05) is 6.26 Å². The van der Waals surface area contributed by atoms with Gasteiger partial charge in [0.15, 0.2) is 6.61 Å². The summed E-state index contributed by atoms with van der Waals surface area (Å²) in [5, 5.41) is 3.11. The van der Waals surface area contributed by atoms with Crippen molar-refractivity contribution in [2.24, 2.45) is 11.7 Å². The number of fused-ring (bicyclic) bond motifs is 1. The molecule has 0 spiro atoms. The second kappa shape index (κ2) is 9.53. The first-order valence-corrected chi connectivity index (χ1v) is 11.5. The lowest BCUT2D eigenvalue weighted by atomic mass is 9.88. The van der Waals surface area contributed by atoms with Crippen LogP contribution in [0.1, 0.15) is 44.5 Å². The molecule has 9 heteroatoms. The molecule has 0 bridgehead atoms. The van der Waals surface area contributed by atoms with E-state index < -0.39 is 24.4 Å². The molecule has 0 saturated carbocycles. The number of thiophene rings is 1. The quantitative estimate of drug-likeness (QED) is 0.496. The predicted octanol–water partition coefficient (Wildman–Crippen LogP) is 3.50. The van der Waals surface area contributed by atoms with E-state index in [-0.39, 0.29) is 5.56 Å². The van der Waals surface area contributed by atoms with E-state index >= 15 is 0 Å². The molecule has 3 N–H and O–H groups in total. The maximum atomic E-state index is 12.4. The van der Waals surface area contributed by atoms with Gasteiger partial charge in [-0.05, 0) is 55.2 Å². The van der Waals surface area contributed by atoms with Crippen molar-refractivity contribution >= 4 is 45.9 Å². The SMILES string of the molecule is COc1cc(SC)ccc1C(=O)OCC(=O)Nc1sc2c(c1C(N)=O)CC[C@H](C)C2. The Morgan fingerprint density at radius 1 is 1.33 bits per heavy atom. The van der Waals surface area contributed by atoms with Gasteiger partial charge in [0.1, 0.15) is 16.3 Å². The van der Waals surface area contributed by atoms with Crippen LogP contribution in [-0.4, -0.2) is 37.8 Å². The summed E-state index contributed by atoms with van der Waals surface area (Å²) in [6.45, 7) is 1.67. The van der Waals surface area contributed by atoms with Crippen molar-refractivity contribution in [3.63, 3.8) is 0 Å². The van der Waals surface area contributed by atoms with Crippen molar-refractivity contribution in [3.8, 4) is 5.75 Å². The van der Waals surface area contributed by atoms with Crippen LogP contribution in [0.5, 0.6) is 5.75 Å². The smallest absolute Gasteiger partial charge is 0.342 e. The fourth-order valence-corrected chi connectivity index (χ4v) is 5.30. The largest absolute Gasteiger partial charge is 0.496 e. The number of ether oxygens (including phenoxy) is 2. The standard InChI is InChI=1S/C21H24N2O5S2/c1-11-4-6-14-16(8-11)30-20(18(14)19(22)25)23-17(24)10-28-21(26)13-7-5-12(29-3)9-15(13)27-2/h5,7,9,11H,4,6,8,10H2,1-3H3,(H2,22,25)(H,23,24)/t11-/m0/s1. The summed E-state index contributed by atoms with van der Waals surface area (Å²) in [5.74, 6) is -0.855. The van der Waals surface area contributed by atoms with Crippen molar-refractivity contribution in [1.82, 2.24) is 0 Å². The minimum Gasteiger partial charge on any atom is -0.496 e. The number of carbonyl (C=O) groups is 3. The van der Waals surface area contributed by atoms with Crippen LogP contribution >= 0.6 is 23.1 Å². The second-order valence-corrected chi connectivity index (χ2v) is 9.10. The zero-order chi connectivity index (χ0) is 21.8. The zero-order valence-corrected chi connectivity index (χ0v) is 18.7. The molecule has 1 aromatic carbocycles. The van der Waals surface area contributed by atoms with Crippen LogP contribution in [0.2, 0.25) is 0 Å². The summed E-state index contributed by atoms with van der Waals surface area (Å²) in [7, 11) is 1.47. The number of esters is 1. The van der Waals surface area contributed by atoms with Crippen LogP contribution in [0.4, 0.5) is 5.00 Å². The summed E-state index contributed by atoms with van der Waals surface area (Å²) in [6, 6.07) is 5.11. The highest BCUT2D eigenvalue weighted by atomic mass is 32.2. The van der Waals surface area contributed by atoms with Gasteiger partial charge in [-0.15, -0.1) is 23.1 Å². The Hall–Kier alpha value is -2.52. The number of methoxy groups -OCH3 is 1.